The van der Waals surface area contributed by atoms with Crippen molar-refractivity contribution < 1.29 is 23.5 Å². The SMILES string of the molecule is O=C1OCC2(CCN(C(=O)c3ccc4nc(C5CCCCC5)oc4c3)CC2)O1. The van der Waals surface area contributed by atoms with Crippen molar-refractivity contribution in [2.24, 2.45) is 0 Å². The number of oxazole rings is 1. The molecular formula is C21H24N2O5. The maximum Gasteiger partial charge on any atom is 0.509 e. The third-order valence-corrected chi connectivity index (χ3v) is 6.32. The maximum atomic E-state index is 12.9. The third-order valence-electron chi connectivity index (χ3n) is 6.32. The number of hydrogen-bond acceptors (Lipinski definition) is 6. The number of hydrogen-bond donors (Lipinski definition) is 0. The molecule has 28 heavy (non-hydrogen) atoms. The minimum Gasteiger partial charge on any atom is -0.440 e. The van der Waals surface area contributed by atoms with E-state index < -0.39 is 11.8 Å². The Morgan fingerprint density at radius 2 is 1.93 bits per heavy atom. The molecule has 2 saturated heterocycles. The number of amides is 1. The van der Waals surface area contributed by atoms with Crippen LogP contribution in [0.1, 0.15) is 67.1 Å². The average molecular weight is 384 g/mol. The Hall–Kier alpha value is -2.57. The van der Waals surface area contributed by atoms with Crippen LogP contribution in [0, 0.1) is 0 Å². The van der Waals surface area contributed by atoms with Crippen molar-refractivity contribution in [3.63, 3.8) is 0 Å². The number of nitrogens with zero attached hydrogens (tertiary/aromatic N) is 2. The maximum absolute atomic E-state index is 12.9. The van der Waals surface area contributed by atoms with Gasteiger partial charge in [0.05, 0.1) is 0 Å². The fourth-order valence-corrected chi connectivity index (χ4v) is 4.57. The Bertz CT molecular complexity index is 907. The molecule has 0 N–H and O–H groups in total. The van der Waals surface area contributed by atoms with Crippen molar-refractivity contribution in [2.75, 3.05) is 19.7 Å². The molecule has 2 aromatic rings. The zero-order valence-corrected chi connectivity index (χ0v) is 15.8. The fourth-order valence-electron chi connectivity index (χ4n) is 4.57. The van der Waals surface area contributed by atoms with E-state index >= 15 is 0 Å². The first-order valence-corrected chi connectivity index (χ1v) is 10.2. The number of fused-ring (bicyclic) bond motifs is 1. The van der Waals surface area contributed by atoms with Crippen molar-refractivity contribution in [3.05, 3.63) is 29.7 Å². The molecule has 148 valence electrons. The molecular weight excluding hydrogens is 360 g/mol. The van der Waals surface area contributed by atoms with Gasteiger partial charge in [0.2, 0.25) is 0 Å². The number of carbonyl (C=O) groups excluding carboxylic acids is 2. The van der Waals surface area contributed by atoms with Gasteiger partial charge in [-0.25, -0.2) is 9.78 Å². The van der Waals surface area contributed by atoms with E-state index in [9.17, 15) is 9.59 Å². The number of likely N-dealkylation sites (tertiary alicyclic amines) is 1. The van der Waals surface area contributed by atoms with Gasteiger partial charge in [0.1, 0.15) is 12.1 Å². The van der Waals surface area contributed by atoms with Gasteiger partial charge in [-0.05, 0) is 31.0 Å². The highest BCUT2D eigenvalue weighted by Crippen LogP contribution is 2.35. The average Bonchev–Trinajstić information content (AvgIpc) is 3.32. The molecule has 3 aliphatic rings. The lowest BCUT2D eigenvalue weighted by molar-refractivity contribution is 0.00281. The second kappa shape index (κ2) is 6.79. The Morgan fingerprint density at radius 3 is 2.64 bits per heavy atom. The number of rotatable bonds is 2. The van der Waals surface area contributed by atoms with Crippen molar-refractivity contribution in [1.82, 2.24) is 9.88 Å². The summed E-state index contributed by atoms with van der Waals surface area (Å²) in [6.07, 6.45) is 6.59. The van der Waals surface area contributed by atoms with E-state index in [0.717, 1.165) is 24.2 Å². The molecule has 0 radical (unpaired) electrons. The number of aromatic nitrogens is 1. The Morgan fingerprint density at radius 1 is 1.14 bits per heavy atom. The molecule has 7 nitrogen and oxygen atoms in total. The van der Waals surface area contributed by atoms with E-state index in [0.29, 0.717) is 43.0 Å². The normalized spacial score (nSPS) is 22.4. The van der Waals surface area contributed by atoms with Crippen LogP contribution in [0.15, 0.2) is 22.6 Å². The fraction of sp³-hybridized carbons (Fsp3) is 0.571. The minimum atomic E-state index is -0.607. The third kappa shape index (κ3) is 3.12. The lowest BCUT2D eigenvalue weighted by Gasteiger charge is -2.36. The van der Waals surface area contributed by atoms with Crippen LogP contribution in [0.2, 0.25) is 0 Å². The van der Waals surface area contributed by atoms with Crippen LogP contribution in [0.4, 0.5) is 4.79 Å². The van der Waals surface area contributed by atoms with E-state index in [1.165, 1.54) is 19.3 Å². The number of cyclic esters (lactones) is 1. The predicted octanol–water partition coefficient (Wildman–Crippen LogP) is 4.02. The molecule has 1 aliphatic carbocycles. The van der Waals surface area contributed by atoms with Crippen LogP contribution in [0.5, 0.6) is 0 Å². The Labute approximate surface area is 163 Å². The van der Waals surface area contributed by atoms with Crippen LogP contribution in [-0.2, 0) is 9.47 Å². The van der Waals surface area contributed by atoms with Crippen molar-refractivity contribution in [1.29, 1.82) is 0 Å². The first-order valence-electron chi connectivity index (χ1n) is 10.2. The van der Waals surface area contributed by atoms with E-state index in [4.69, 9.17) is 13.9 Å². The molecule has 0 bridgehead atoms. The molecule has 1 saturated carbocycles. The van der Waals surface area contributed by atoms with Crippen LogP contribution < -0.4 is 0 Å². The molecule has 3 heterocycles. The van der Waals surface area contributed by atoms with Crippen LogP contribution in [0.25, 0.3) is 11.1 Å². The summed E-state index contributed by atoms with van der Waals surface area (Å²) in [6.45, 7) is 1.36. The van der Waals surface area contributed by atoms with E-state index in [2.05, 4.69) is 4.98 Å². The standard InChI is InChI=1S/C21H24N2O5/c24-19(23-10-8-21(9-11-23)13-26-20(25)28-21)15-6-7-16-17(12-15)27-18(22-16)14-4-2-1-3-5-14/h6-7,12,14H,1-5,8-11,13H2. The summed E-state index contributed by atoms with van der Waals surface area (Å²) in [5.74, 6) is 1.18. The Balaban J connectivity index is 1.30. The van der Waals surface area contributed by atoms with Crippen LogP contribution in [0.3, 0.4) is 0 Å². The quantitative estimate of drug-likeness (QED) is 0.728. The summed E-state index contributed by atoms with van der Waals surface area (Å²) in [5.41, 5.74) is 1.54. The monoisotopic (exact) mass is 384 g/mol. The molecule has 1 spiro atoms. The lowest BCUT2D eigenvalue weighted by atomic mass is 9.89. The summed E-state index contributed by atoms with van der Waals surface area (Å²) in [5, 5.41) is 0. The van der Waals surface area contributed by atoms with Gasteiger partial charge in [-0.1, -0.05) is 19.3 Å². The van der Waals surface area contributed by atoms with Gasteiger partial charge in [0.25, 0.3) is 5.91 Å². The van der Waals surface area contributed by atoms with E-state index in [1.54, 1.807) is 11.0 Å². The highest BCUT2D eigenvalue weighted by molar-refractivity contribution is 5.97. The van der Waals surface area contributed by atoms with Gasteiger partial charge >= 0.3 is 6.16 Å². The van der Waals surface area contributed by atoms with Gasteiger partial charge in [0.15, 0.2) is 17.1 Å². The molecule has 1 aromatic carbocycles. The summed E-state index contributed by atoms with van der Waals surface area (Å²) >= 11 is 0. The second-order valence-corrected chi connectivity index (χ2v) is 8.19. The highest BCUT2D eigenvalue weighted by atomic mass is 16.8. The van der Waals surface area contributed by atoms with Crippen molar-refractivity contribution in [3.8, 4) is 0 Å². The summed E-state index contributed by atoms with van der Waals surface area (Å²) in [4.78, 5) is 30.7. The van der Waals surface area contributed by atoms with E-state index in [-0.39, 0.29) is 12.5 Å². The summed E-state index contributed by atoms with van der Waals surface area (Å²) in [7, 11) is 0. The van der Waals surface area contributed by atoms with E-state index in [1.807, 2.05) is 12.1 Å². The molecule has 7 heteroatoms. The molecule has 0 atom stereocenters. The molecule has 0 unspecified atom stereocenters. The smallest absolute Gasteiger partial charge is 0.440 e. The van der Waals surface area contributed by atoms with Gasteiger partial charge < -0.3 is 18.8 Å². The van der Waals surface area contributed by atoms with Gasteiger partial charge in [0, 0.05) is 37.4 Å². The zero-order chi connectivity index (χ0) is 19.1. The van der Waals surface area contributed by atoms with Crippen molar-refractivity contribution >= 4 is 23.2 Å². The molecule has 3 fully saturated rings. The Kier molecular flexibility index (Phi) is 4.25. The van der Waals surface area contributed by atoms with Crippen LogP contribution >= 0.6 is 0 Å². The first kappa shape index (κ1) is 17.5. The highest BCUT2D eigenvalue weighted by Gasteiger charge is 2.45. The largest absolute Gasteiger partial charge is 0.509 e. The topological polar surface area (TPSA) is 81.9 Å². The lowest BCUT2D eigenvalue weighted by Crippen LogP contribution is -2.48. The summed E-state index contributed by atoms with van der Waals surface area (Å²) < 4.78 is 16.3. The first-order chi connectivity index (χ1) is 13.6. The number of ether oxygens (including phenoxy) is 2. The molecule has 1 aromatic heterocycles. The minimum absolute atomic E-state index is 0.0300. The van der Waals surface area contributed by atoms with Gasteiger partial charge in [-0.2, -0.15) is 0 Å². The number of piperidine rings is 1. The van der Waals surface area contributed by atoms with Gasteiger partial charge in [-0.15, -0.1) is 0 Å². The molecule has 1 amide bonds. The number of benzene rings is 1. The predicted molar refractivity (Wildman–Crippen MR) is 100 cm³/mol. The molecule has 5 rings (SSSR count). The van der Waals surface area contributed by atoms with Crippen LogP contribution in [-0.4, -0.2) is 47.2 Å². The zero-order valence-electron chi connectivity index (χ0n) is 15.8. The summed E-state index contributed by atoms with van der Waals surface area (Å²) in [6, 6.07) is 5.50. The van der Waals surface area contributed by atoms with Gasteiger partial charge in [-0.3, -0.25) is 4.79 Å². The second-order valence-electron chi connectivity index (χ2n) is 8.19. The molecule has 2 aliphatic heterocycles. The number of carbonyl (C=O) groups is 2. The van der Waals surface area contributed by atoms with Crippen molar-refractivity contribution in [2.45, 2.75) is 56.5 Å².